The maximum Gasteiger partial charge on any atom is 0.0133 e. The lowest BCUT2D eigenvalue weighted by molar-refractivity contribution is 0.349. The van der Waals surface area contributed by atoms with Gasteiger partial charge in [-0.3, -0.25) is 0 Å². The Balaban J connectivity index is 1.46. The van der Waals surface area contributed by atoms with E-state index >= 15 is 0 Å². The van der Waals surface area contributed by atoms with E-state index in [9.17, 15) is 0 Å². The first kappa shape index (κ1) is 12.0. The molecule has 3 aliphatic rings. The Morgan fingerprint density at radius 2 is 1.89 bits per heavy atom. The van der Waals surface area contributed by atoms with Gasteiger partial charge in [-0.15, -0.1) is 0 Å². The van der Waals surface area contributed by atoms with Crippen molar-refractivity contribution < 1.29 is 0 Å². The maximum absolute atomic E-state index is 3.60. The van der Waals surface area contributed by atoms with Crippen LogP contribution >= 0.6 is 0 Å². The Hall–Kier alpha value is -0.820. The van der Waals surface area contributed by atoms with Crippen molar-refractivity contribution in [1.29, 1.82) is 0 Å². The summed E-state index contributed by atoms with van der Waals surface area (Å²) in [6, 6.07) is 7.95. The molecular weight excluding hydrogens is 230 g/mol. The molecule has 0 amide bonds. The van der Waals surface area contributed by atoms with Crippen molar-refractivity contribution in [3.05, 3.63) is 34.9 Å². The average molecular weight is 255 g/mol. The van der Waals surface area contributed by atoms with Crippen LogP contribution in [-0.2, 0) is 19.3 Å². The molecule has 19 heavy (non-hydrogen) atoms. The normalized spacial score (nSPS) is 33.0. The van der Waals surface area contributed by atoms with E-state index in [1.54, 1.807) is 16.7 Å². The zero-order valence-electron chi connectivity index (χ0n) is 12.0. The first-order valence-electron chi connectivity index (χ1n) is 8.11. The van der Waals surface area contributed by atoms with Crippen molar-refractivity contribution >= 4 is 0 Å². The van der Waals surface area contributed by atoms with Crippen LogP contribution in [0.1, 0.15) is 42.4 Å². The minimum atomic E-state index is 0.701. The second kappa shape index (κ2) is 4.63. The molecule has 1 aromatic rings. The molecule has 0 heterocycles. The summed E-state index contributed by atoms with van der Waals surface area (Å²) in [5.74, 6) is 3.13. The van der Waals surface area contributed by atoms with Crippen LogP contribution in [0.5, 0.6) is 0 Å². The van der Waals surface area contributed by atoms with Crippen molar-refractivity contribution in [2.24, 2.45) is 17.8 Å². The molecular formula is C18H25N. The van der Waals surface area contributed by atoms with Gasteiger partial charge in [0, 0.05) is 6.04 Å². The molecule has 0 aliphatic heterocycles. The van der Waals surface area contributed by atoms with Gasteiger partial charge in [0.15, 0.2) is 0 Å². The monoisotopic (exact) mass is 255 g/mol. The Morgan fingerprint density at radius 3 is 2.68 bits per heavy atom. The van der Waals surface area contributed by atoms with Gasteiger partial charge < -0.3 is 5.32 Å². The van der Waals surface area contributed by atoms with E-state index in [2.05, 4.69) is 30.6 Å². The van der Waals surface area contributed by atoms with E-state index in [1.165, 1.54) is 44.9 Å². The Morgan fingerprint density at radius 1 is 1.11 bits per heavy atom. The summed E-state index contributed by atoms with van der Waals surface area (Å²) in [5, 5.41) is 3.60. The topological polar surface area (TPSA) is 12.0 Å². The molecule has 3 atom stereocenters. The first-order chi connectivity index (χ1) is 9.33. The molecule has 2 fully saturated rings. The van der Waals surface area contributed by atoms with E-state index in [4.69, 9.17) is 0 Å². The predicted octanol–water partition coefficient (Wildman–Crippen LogP) is 3.35. The Labute approximate surface area is 116 Å². The summed E-state index contributed by atoms with van der Waals surface area (Å²) in [6.07, 6.45) is 9.71. The lowest BCUT2D eigenvalue weighted by atomic mass is 9.89. The van der Waals surface area contributed by atoms with Crippen molar-refractivity contribution in [2.45, 2.75) is 51.0 Å². The van der Waals surface area contributed by atoms with Crippen LogP contribution in [0, 0.1) is 17.8 Å². The molecule has 0 radical (unpaired) electrons. The van der Waals surface area contributed by atoms with Crippen molar-refractivity contribution in [1.82, 2.24) is 5.32 Å². The number of likely N-dealkylation sites (N-methyl/N-ethyl adjacent to an activating group) is 1. The molecule has 1 aromatic carbocycles. The highest BCUT2D eigenvalue weighted by Gasteiger charge is 2.47. The second-order valence-corrected chi connectivity index (χ2v) is 7.04. The smallest absolute Gasteiger partial charge is 0.0133 e. The summed E-state index contributed by atoms with van der Waals surface area (Å²) in [7, 11) is 2.15. The third-order valence-electron chi connectivity index (χ3n) is 5.84. The van der Waals surface area contributed by atoms with Gasteiger partial charge in [0.1, 0.15) is 0 Å². The number of hydrogen-bond acceptors (Lipinski definition) is 1. The molecule has 0 aromatic heterocycles. The largest absolute Gasteiger partial charge is 0.316 e. The quantitative estimate of drug-likeness (QED) is 0.870. The van der Waals surface area contributed by atoms with Crippen LogP contribution in [0.3, 0.4) is 0 Å². The number of rotatable bonds is 4. The van der Waals surface area contributed by atoms with Gasteiger partial charge in [-0.25, -0.2) is 0 Å². The van der Waals surface area contributed by atoms with E-state index in [1.807, 2.05) is 0 Å². The molecule has 1 N–H and O–H groups in total. The lowest BCUT2D eigenvalue weighted by Crippen LogP contribution is -2.35. The molecule has 0 bridgehead atoms. The Kier molecular flexibility index (Phi) is 2.91. The van der Waals surface area contributed by atoms with E-state index in [0.717, 1.165) is 17.8 Å². The van der Waals surface area contributed by atoms with Crippen molar-refractivity contribution in [2.75, 3.05) is 7.05 Å². The van der Waals surface area contributed by atoms with Gasteiger partial charge >= 0.3 is 0 Å². The summed E-state index contributed by atoms with van der Waals surface area (Å²) in [5.41, 5.74) is 4.79. The van der Waals surface area contributed by atoms with Crippen LogP contribution in [0.25, 0.3) is 0 Å². The molecule has 0 spiro atoms. The van der Waals surface area contributed by atoms with Crippen molar-refractivity contribution in [3.63, 3.8) is 0 Å². The number of aryl methyl sites for hydroxylation is 2. The van der Waals surface area contributed by atoms with Crippen LogP contribution in [0.15, 0.2) is 18.2 Å². The van der Waals surface area contributed by atoms with Crippen LogP contribution in [0.2, 0.25) is 0 Å². The molecule has 3 aliphatic carbocycles. The highest BCUT2D eigenvalue weighted by atomic mass is 14.9. The SMILES string of the molecule is CNC(Cc1ccc2c(c1)CCC2)C1CC2CC2C1. The molecule has 2 saturated carbocycles. The van der Waals surface area contributed by atoms with E-state index in [0.29, 0.717) is 6.04 Å². The highest BCUT2D eigenvalue weighted by molar-refractivity contribution is 5.35. The molecule has 1 nitrogen and oxygen atoms in total. The zero-order valence-corrected chi connectivity index (χ0v) is 12.0. The van der Waals surface area contributed by atoms with Gasteiger partial charge in [0.05, 0.1) is 0 Å². The molecule has 3 unspecified atom stereocenters. The number of fused-ring (bicyclic) bond motifs is 2. The molecule has 0 saturated heterocycles. The van der Waals surface area contributed by atoms with E-state index in [-0.39, 0.29) is 0 Å². The van der Waals surface area contributed by atoms with Crippen LogP contribution in [-0.4, -0.2) is 13.1 Å². The summed E-state index contributed by atoms with van der Waals surface area (Å²) >= 11 is 0. The van der Waals surface area contributed by atoms with Crippen LogP contribution < -0.4 is 5.32 Å². The summed E-state index contributed by atoms with van der Waals surface area (Å²) in [4.78, 5) is 0. The maximum atomic E-state index is 3.60. The summed E-state index contributed by atoms with van der Waals surface area (Å²) < 4.78 is 0. The fourth-order valence-electron chi connectivity index (χ4n) is 4.60. The average Bonchev–Trinajstić information content (AvgIpc) is 2.88. The highest BCUT2D eigenvalue weighted by Crippen LogP contribution is 2.55. The minimum Gasteiger partial charge on any atom is -0.316 e. The number of benzene rings is 1. The fraction of sp³-hybridized carbons (Fsp3) is 0.667. The number of nitrogens with one attached hydrogen (secondary N) is 1. The van der Waals surface area contributed by atoms with Gasteiger partial charge in [-0.1, -0.05) is 18.2 Å². The fourth-order valence-corrected chi connectivity index (χ4v) is 4.60. The van der Waals surface area contributed by atoms with Crippen molar-refractivity contribution in [3.8, 4) is 0 Å². The Bertz CT molecular complexity index is 469. The molecule has 102 valence electrons. The molecule has 1 heteroatoms. The van der Waals surface area contributed by atoms with Crippen LogP contribution in [0.4, 0.5) is 0 Å². The minimum absolute atomic E-state index is 0.701. The molecule has 4 rings (SSSR count). The standard InChI is InChI=1S/C18H25N/c1-19-18(17-10-15-9-16(15)11-17)8-12-5-6-13-3-2-4-14(13)7-12/h5-7,15-19H,2-4,8-11H2,1H3. The first-order valence-corrected chi connectivity index (χ1v) is 8.11. The van der Waals surface area contributed by atoms with E-state index < -0.39 is 0 Å². The third-order valence-corrected chi connectivity index (χ3v) is 5.84. The number of hydrogen-bond donors (Lipinski definition) is 1. The second-order valence-electron chi connectivity index (χ2n) is 7.04. The zero-order chi connectivity index (χ0) is 12.8. The third kappa shape index (κ3) is 2.23. The van der Waals surface area contributed by atoms with Gasteiger partial charge in [0.2, 0.25) is 0 Å². The van der Waals surface area contributed by atoms with Gasteiger partial charge in [0.25, 0.3) is 0 Å². The predicted molar refractivity (Wildman–Crippen MR) is 79.3 cm³/mol. The lowest BCUT2D eigenvalue weighted by Gasteiger charge is -2.24. The van der Waals surface area contributed by atoms with Gasteiger partial charge in [-0.2, -0.15) is 0 Å². The van der Waals surface area contributed by atoms with Gasteiger partial charge in [-0.05, 0) is 86.4 Å². The summed E-state index contributed by atoms with van der Waals surface area (Å²) in [6.45, 7) is 0.